The fraction of sp³-hybridized carbons (Fsp3) is 0.455. The lowest BCUT2D eigenvalue weighted by Crippen LogP contribution is -2.16. The van der Waals surface area contributed by atoms with Gasteiger partial charge in [-0.3, -0.25) is 0 Å². The number of hydrogen-bond acceptors (Lipinski definition) is 3. The van der Waals surface area contributed by atoms with Crippen molar-refractivity contribution in [2.45, 2.75) is 25.2 Å². The lowest BCUT2D eigenvalue weighted by Gasteiger charge is -2.14. The molecule has 2 unspecified atom stereocenters. The molecule has 0 amide bonds. The van der Waals surface area contributed by atoms with Gasteiger partial charge in [0.2, 0.25) is 6.29 Å². The Balaban J connectivity index is 2.03. The van der Waals surface area contributed by atoms with Crippen LogP contribution < -0.4 is 0 Å². The van der Waals surface area contributed by atoms with E-state index in [4.69, 9.17) is 14.6 Å². The second kappa shape index (κ2) is 3.98. The first-order valence-electron chi connectivity index (χ1n) is 4.77. The molecule has 0 aromatic carbocycles. The van der Waals surface area contributed by atoms with Gasteiger partial charge in [-0.1, -0.05) is 17.7 Å². The minimum Gasteiger partial charge on any atom is -0.464 e. The minimum absolute atomic E-state index is 0.00731. The third kappa shape index (κ3) is 1.74. The Hall–Kier alpha value is -1.06. The summed E-state index contributed by atoms with van der Waals surface area (Å²) in [7, 11) is 0. The van der Waals surface area contributed by atoms with Crippen molar-refractivity contribution in [1.82, 2.24) is 0 Å². The number of hydrogen-bond donors (Lipinski definition) is 1. The smallest absolute Gasteiger partial charge is 0.223 e. The molecule has 2 rings (SSSR count). The molecule has 1 aliphatic carbocycles. The summed E-state index contributed by atoms with van der Waals surface area (Å²) in [5.74, 6) is 0.830. The van der Waals surface area contributed by atoms with Gasteiger partial charge in [-0.05, 0) is 12.5 Å². The van der Waals surface area contributed by atoms with Gasteiger partial charge in [0.15, 0.2) is 0 Å². The predicted molar refractivity (Wildman–Crippen MR) is 52.4 cm³/mol. The van der Waals surface area contributed by atoms with Gasteiger partial charge in [0.1, 0.15) is 18.5 Å². The molecule has 3 heteroatoms. The Bertz CT molecular complexity index is 291. The van der Waals surface area contributed by atoms with Gasteiger partial charge >= 0.3 is 0 Å². The normalized spacial score (nSPS) is 30.1. The van der Waals surface area contributed by atoms with Crippen LogP contribution in [0.5, 0.6) is 0 Å². The van der Waals surface area contributed by atoms with Gasteiger partial charge in [0, 0.05) is 6.42 Å². The zero-order chi connectivity index (χ0) is 9.97. The quantitative estimate of drug-likeness (QED) is 0.692. The SMILES string of the molecule is C=CCC1=CC=C2OC(CO)OC2C1. The average Bonchev–Trinajstić information content (AvgIpc) is 2.60. The van der Waals surface area contributed by atoms with E-state index in [0.29, 0.717) is 0 Å². The van der Waals surface area contributed by atoms with Gasteiger partial charge in [-0.25, -0.2) is 0 Å². The average molecular weight is 194 g/mol. The summed E-state index contributed by atoms with van der Waals surface area (Å²) in [6.07, 6.45) is 7.07. The summed E-state index contributed by atoms with van der Waals surface area (Å²) in [6, 6.07) is 0. The van der Waals surface area contributed by atoms with Gasteiger partial charge in [-0.15, -0.1) is 6.58 Å². The molecule has 0 aromatic rings. The molecule has 14 heavy (non-hydrogen) atoms. The van der Waals surface area contributed by atoms with Crippen LogP contribution in [0.2, 0.25) is 0 Å². The third-order valence-electron chi connectivity index (χ3n) is 2.39. The van der Waals surface area contributed by atoms with Gasteiger partial charge in [-0.2, -0.15) is 0 Å². The number of fused-ring (bicyclic) bond motifs is 1. The zero-order valence-electron chi connectivity index (χ0n) is 7.98. The van der Waals surface area contributed by atoms with Crippen LogP contribution in [0.1, 0.15) is 12.8 Å². The fourth-order valence-corrected chi connectivity index (χ4v) is 1.72. The molecule has 1 N–H and O–H groups in total. The predicted octanol–water partition coefficient (Wildman–Crippen LogP) is 1.51. The number of rotatable bonds is 3. The molecule has 0 aromatic heterocycles. The molecular formula is C11H14O3. The van der Waals surface area contributed by atoms with Gasteiger partial charge in [0.05, 0.1) is 0 Å². The maximum absolute atomic E-state index is 8.87. The van der Waals surface area contributed by atoms with E-state index in [1.165, 1.54) is 5.57 Å². The fourth-order valence-electron chi connectivity index (χ4n) is 1.72. The zero-order valence-corrected chi connectivity index (χ0v) is 7.98. The summed E-state index contributed by atoms with van der Waals surface area (Å²) >= 11 is 0. The van der Waals surface area contributed by atoms with Crippen molar-refractivity contribution in [2.24, 2.45) is 0 Å². The van der Waals surface area contributed by atoms with Crippen LogP contribution >= 0.6 is 0 Å². The van der Waals surface area contributed by atoms with Crippen molar-refractivity contribution in [3.63, 3.8) is 0 Å². The van der Waals surface area contributed by atoms with Crippen molar-refractivity contribution in [1.29, 1.82) is 0 Å². The number of aliphatic hydroxyl groups is 1. The molecule has 0 bridgehead atoms. The van der Waals surface area contributed by atoms with Crippen molar-refractivity contribution in [2.75, 3.05) is 6.61 Å². The van der Waals surface area contributed by atoms with Crippen LogP contribution in [0, 0.1) is 0 Å². The summed E-state index contributed by atoms with van der Waals surface area (Å²) in [5.41, 5.74) is 1.29. The lowest BCUT2D eigenvalue weighted by molar-refractivity contribution is -0.0827. The molecule has 1 heterocycles. The van der Waals surface area contributed by atoms with E-state index in [-0.39, 0.29) is 12.7 Å². The van der Waals surface area contributed by atoms with Crippen molar-refractivity contribution in [3.8, 4) is 0 Å². The maximum atomic E-state index is 8.87. The molecular weight excluding hydrogens is 180 g/mol. The van der Waals surface area contributed by atoms with E-state index in [0.717, 1.165) is 18.6 Å². The molecule has 0 saturated carbocycles. The summed E-state index contributed by atoms with van der Waals surface area (Å²) in [5, 5.41) is 8.87. The first kappa shape index (κ1) is 9.49. The number of aliphatic hydroxyl groups excluding tert-OH is 1. The molecule has 76 valence electrons. The molecule has 0 radical (unpaired) electrons. The standard InChI is InChI=1S/C11H14O3/c1-2-3-8-4-5-9-10(6-8)14-11(7-12)13-9/h2,4-5,10-12H,1,3,6-7H2. The first-order chi connectivity index (χ1) is 6.83. The highest BCUT2D eigenvalue weighted by Gasteiger charge is 2.32. The second-order valence-electron chi connectivity index (χ2n) is 3.45. The van der Waals surface area contributed by atoms with Crippen LogP contribution in [-0.4, -0.2) is 24.1 Å². The summed E-state index contributed by atoms with van der Waals surface area (Å²) in [6.45, 7) is 3.61. The minimum atomic E-state index is -0.484. The Labute approximate surface area is 83.3 Å². The van der Waals surface area contributed by atoms with E-state index in [1.807, 2.05) is 18.2 Å². The Morgan fingerprint density at radius 3 is 3.14 bits per heavy atom. The van der Waals surface area contributed by atoms with E-state index in [2.05, 4.69) is 6.58 Å². The van der Waals surface area contributed by atoms with Crippen LogP contribution in [0.4, 0.5) is 0 Å². The van der Waals surface area contributed by atoms with Crippen molar-refractivity contribution in [3.05, 3.63) is 36.1 Å². The van der Waals surface area contributed by atoms with Gasteiger partial charge < -0.3 is 14.6 Å². The largest absolute Gasteiger partial charge is 0.464 e. The van der Waals surface area contributed by atoms with Crippen molar-refractivity contribution >= 4 is 0 Å². The Morgan fingerprint density at radius 2 is 2.43 bits per heavy atom. The molecule has 1 fully saturated rings. The topological polar surface area (TPSA) is 38.7 Å². The maximum Gasteiger partial charge on any atom is 0.223 e. The van der Waals surface area contributed by atoms with E-state index >= 15 is 0 Å². The third-order valence-corrected chi connectivity index (χ3v) is 2.39. The first-order valence-corrected chi connectivity index (χ1v) is 4.77. The van der Waals surface area contributed by atoms with Gasteiger partial charge in [0.25, 0.3) is 0 Å². The van der Waals surface area contributed by atoms with Crippen LogP contribution in [0.15, 0.2) is 36.1 Å². The van der Waals surface area contributed by atoms with Crippen LogP contribution in [0.25, 0.3) is 0 Å². The van der Waals surface area contributed by atoms with Crippen LogP contribution in [-0.2, 0) is 9.47 Å². The molecule has 3 nitrogen and oxygen atoms in total. The molecule has 1 aliphatic heterocycles. The van der Waals surface area contributed by atoms with E-state index < -0.39 is 6.29 Å². The number of allylic oxidation sites excluding steroid dienone is 3. The monoisotopic (exact) mass is 194 g/mol. The number of ether oxygens (including phenoxy) is 2. The molecule has 0 spiro atoms. The van der Waals surface area contributed by atoms with Crippen molar-refractivity contribution < 1.29 is 14.6 Å². The molecule has 2 aliphatic rings. The van der Waals surface area contributed by atoms with E-state index in [1.54, 1.807) is 0 Å². The Kier molecular flexibility index (Phi) is 2.70. The highest BCUT2D eigenvalue weighted by atomic mass is 16.7. The summed E-state index contributed by atoms with van der Waals surface area (Å²) < 4.78 is 10.8. The molecule has 2 atom stereocenters. The second-order valence-corrected chi connectivity index (χ2v) is 3.45. The van der Waals surface area contributed by atoms with Crippen LogP contribution in [0.3, 0.4) is 0 Å². The highest BCUT2D eigenvalue weighted by molar-refractivity contribution is 5.27. The van der Waals surface area contributed by atoms with E-state index in [9.17, 15) is 0 Å². The highest BCUT2D eigenvalue weighted by Crippen LogP contribution is 2.31. The molecule has 1 saturated heterocycles. The Morgan fingerprint density at radius 1 is 1.57 bits per heavy atom. The lowest BCUT2D eigenvalue weighted by atomic mass is 9.99. The summed E-state index contributed by atoms with van der Waals surface area (Å²) in [4.78, 5) is 0.